The van der Waals surface area contributed by atoms with Crippen LogP contribution in [0.25, 0.3) is 0 Å². The molecular weight excluding hydrogens is 418 g/mol. The van der Waals surface area contributed by atoms with E-state index >= 15 is 0 Å². The van der Waals surface area contributed by atoms with Crippen molar-refractivity contribution in [2.45, 2.75) is 26.2 Å². The van der Waals surface area contributed by atoms with Crippen LogP contribution in [0.4, 0.5) is 5.69 Å². The van der Waals surface area contributed by atoms with Gasteiger partial charge in [0.2, 0.25) is 5.91 Å². The third-order valence-corrected chi connectivity index (χ3v) is 3.93. The summed E-state index contributed by atoms with van der Waals surface area (Å²) in [6.07, 6.45) is 0.392. The summed E-state index contributed by atoms with van der Waals surface area (Å²) in [6, 6.07) is 10.0. The monoisotopic (exact) mass is 435 g/mol. The van der Waals surface area contributed by atoms with Gasteiger partial charge in [-0.05, 0) is 59.1 Å². The van der Waals surface area contributed by atoms with Crippen LogP contribution in [-0.4, -0.2) is 28.6 Å². The lowest BCUT2D eigenvalue weighted by Crippen LogP contribution is -2.18. The van der Waals surface area contributed by atoms with Gasteiger partial charge in [0.15, 0.2) is 10.4 Å². The Morgan fingerprint density at radius 1 is 1.11 bits per heavy atom. The van der Waals surface area contributed by atoms with E-state index < -0.39 is 11.9 Å². The third kappa shape index (κ3) is 6.70. The van der Waals surface area contributed by atoms with Crippen LogP contribution < -0.4 is 10.7 Å². The number of carbonyl (C=O) groups excluding carboxylic acids is 2. The van der Waals surface area contributed by atoms with Gasteiger partial charge in [0.25, 0.3) is 0 Å². The minimum atomic E-state index is -0.923. The molecule has 0 aliphatic carbocycles. The van der Waals surface area contributed by atoms with E-state index in [0.29, 0.717) is 16.1 Å². The van der Waals surface area contributed by atoms with Gasteiger partial charge in [-0.1, -0.05) is 12.1 Å². The molecule has 0 aliphatic rings. The molecule has 1 heterocycles. The zero-order valence-corrected chi connectivity index (χ0v) is 16.1. The lowest BCUT2D eigenvalue weighted by atomic mass is 10.1. The molecule has 0 atom stereocenters. The number of hydrazone groups is 1. The smallest absolute Gasteiger partial charge is 0.307 e. The number of amides is 2. The number of nitrogens with one attached hydrogen (secondary N) is 2. The van der Waals surface area contributed by atoms with Crippen LogP contribution in [0, 0.1) is 0 Å². The summed E-state index contributed by atoms with van der Waals surface area (Å²) in [4.78, 5) is 34.1. The fraction of sp³-hybridized carbons (Fsp3) is 0.222. The fourth-order valence-electron chi connectivity index (χ4n) is 2.11. The number of anilines is 1. The standard InChI is InChI=1S/C18H18BrN3O5/c1-11(21-22-18(26)14-9-10-15(19)27-14)12-5-7-13(8-6-12)20-16(23)3-2-4-17(24)25/h5-10H,2-4H2,1H3,(H,20,23)(H,22,26)(H,24,25)/b21-11+. The normalized spacial score (nSPS) is 11.1. The number of hydrogen-bond acceptors (Lipinski definition) is 5. The number of aliphatic carboxylic acids is 1. The highest BCUT2D eigenvalue weighted by Crippen LogP contribution is 2.14. The maximum Gasteiger partial charge on any atom is 0.307 e. The molecule has 0 saturated heterocycles. The molecule has 2 aromatic rings. The number of carbonyl (C=O) groups is 3. The van der Waals surface area contributed by atoms with Crippen molar-refractivity contribution in [3.8, 4) is 0 Å². The number of furan rings is 1. The van der Waals surface area contributed by atoms with Crippen LogP contribution in [-0.2, 0) is 9.59 Å². The molecule has 0 bridgehead atoms. The van der Waals surface area contributed by atoms with Gasteiger partial charge in [0, 0.05) is 18.5 Å². The van der Waals surface area contributed by atoms with Crippen LogP contribution in [0.3, 0.4) is 0 Å². The quantitative estimate of drug-likeness (QED) is 0.433. The molecule has 0 spiro atoms. The van der Waals surface area contributed by atoms with Gasteiger partial charge in [0.1, 0.15) is 0 Å². The Kier molecular flexibility index (Phi) is 7.30. The van der Waals surface area contributed by atoms with Crippen molar-refractivity contribution in [2.24, 2.45) is 5.10 Å². The first-order valence-corrected chi connectivity index (χ1v) is 8.86. The van der Waals surface area contributed by atoms with Gasteiger partial charge < -0.3 is 14.8 Å². The maximum atomic E-state index is 11.9. The van der Waals surface area contributed by atoms with Gasteiger partial charge >= 0.3 is 11.9 Å². The van der Waals surface area contributed by atoms with E-state index in [4.69, 9.17) is 9.52 Å². The summed E-state index contributed by atoms with van der Waals surface area (Å²) in [5, 5.41) is 15.3. The number of carboxylic acid groups (broad SMARTS) is 1. The highest BCUT2D eigenvalue weighted by Gasteiger charge is 2.10. The molecule has 3 N–H and O–H groups in total. The Morgan fingerprint density at radius 2 is 1.81 bits per heavy atom. The zero-order valence-electron chi connectivity index (χ0n) is 14.5. The van der Waals surface area contributed by atoms with Gasteiger partial charge in [-0.3, -0.25) is 14.4 Å². The van der Waals surface area contributed by atoms with Crippen molar-refractivity contribution in [2.75, 3.05) is 5.32 Å². The summed E-state index contributed by atoms with van der Waals surface area (Å²) >= 11 is 3.12. The topological polar surface area (TPSA) is 121 Å². The molecule has 142 valence electrons. The van der Waals surface area contributed by atoms with Crippen molar-refractivity contribution in [1.29, 1.82) is 0 Å². The molecule has 0 fully saturated rings. The fourth-order valence-corrected chi connectivity index (χ4v) is 2.42. The van der Waals surface area contributed by atoms with E-state index in [2.05, 4.69) is 31.8 Å². The molecule has 0 saturated carbocycles. The molecule has 8 nitrogen and oxygen atoms in total. The molecule has 27 heavy (non-hydrogen) atoms. The number of carboxylic acids is 1. The first-order valence-electron chi connectivity index (χ1n) is 8.07. The minimum absolute atomic E-state index is 0.0390. The molecule has 1 aromatic heterocycles. The molecule has 2 rings (SSSR count). The minimum Gasteiger partial charge on any atom is -0.481 e. The van der Waals surface area contributed by atoms with Crippen molar-refractivity contribution in [3.63, 3.8) is 0 Å². The first kappa shape index (κ1) is 20.4. The number of hydrogen-bond donors (Lipinski definition) is 3. The van der Waals surface area contributed by atoms with Crippen LogP contribution in [0.5, 0.6) is 0 Å². The maximum absolute atomic E-state index is 11.9. The number of nitrogens with zero attached hydrogens (tertiary/aromatic N) is 1. The van der Waals surface area contributed by atoms with Gasteiger partial charge in [0.05, 0.1) is 5.71 Å². The molecule has 0 unspecified atom stereocenters. The Hall–Kier alpha value is -2.94. The lowest BCUT2D eigenvalue weighted by molar-refractivity contribution is -0.137. The van der Waals surface area contributed by atoms with Crippen LogP contribution >= 0.6 is 15.9 Å². The Balaban J connectivity index is 1.88. The predicted octanol–water partition coefficient (Wildman–Crippen LogP) is 3.39. The third-order valence-electron chi connectivity index (χ3n) is 3.50. The van der Waals surface area contributed by atoms with Crippen LogP contribution in [0.15, 0.2) is 50.6 Å². The van der Waals surface area contributed by atoms with Crippen molar-refractivity contribution >= 4 is 45.1 Å². The van der Waals surface area contributed by atoms with Crippen molar-refractivity contribution in [3.05, 3.63) is 52.4 Å². The van der Waals surface area contributed by atoms with Gasteiger partial charge in [-0.25, -0.2) is 5.43 Å². The summed E-state index contributed by atoms with van der Waals surface area (Å²) < 4.78 is 5.59. The second-order valence-corrected chi connectivity index (χ2v) is 6.40. The van der Waals surface area contributed by atoms with E-state index in [1.165, 1.54) is 6.07 Å². The summed E-state index contributed by atoms with van der Waals surface area (Å²) in [5.74, 6) is -1.50. The highest BCUT2D eigenvalue weighted by molar-refractivity contribution is 9.10. The predicted molar refractivity (Wildman–Crippen MR) is 103 cm³/mol. The summed E-state index contributed by atoms with van der Waals surface area (Å²) in [6.45, 7) is 1.73. The molecule has 2 amide bonds. The van der Waals surface area contributed by atoms with E-state index in [0.717, 1.165) is 5.56 Å². The molecule has 1 aromatic carbocycles. The summed E-state index contributed by atoms with van der Waals surface area (Å²) in [5.41, 5.74) is 4.34. The van der Waals surface area contributed by atoms with E-state index in [-0.39, 0.29) is 30.9 Å². The van der Waals surface area contributed by atoms with E-state index in [1.807, 2.05) is 0 Å². The van der Waals surface area contributed by atoms with Crippen molar-refractivity contribution in [1.82, 2.24) is 5.43 Å². The lowest BCUT2D eigenvalue weighted by Gasteiger charge is -2.06. The second-order valence-electron chi connectivity index (χ2n) is 5.61. The van der Waals surface area contributed by atoms with E-state index in [1.54, 1.807) is 37.3 Å². The first-order chi connectivity index (χ1) is 12.8. The molecule has 0 radical (unpaired) electrons. The highest BCUT2D eigenvalue weighted by atomic mass is 79.9. The van der Waals surface area contributed by atoms with E-state index in [9.17, 15) is 14.4 Å². The second kappa shape index (κ2) is 9.67. The van der Waals surface area contributed by atoms with Crippen LogP contribution in [0.1, 0.15) is 42.3 Å². The summed E-state index contributed by atoms with van der Waals surface area (Å²) in [7, 11) is 0. The average molecular weight is 436 g/mol. The largest absolute Gasteiger partial charge is 0.481 e. The zero-order chi connectivity index (χ0) is 19.8. The Morgan fingerprint density at radius 3 is 2.41 bits per heavy atom. The van der Waals surface area contributed by atoms with Crippen molar-refractivity contribution < 1.29 is 23.9 Å². The number of benzene rings is 1. The van der Waals surface area contributed by atoms with Gasteiger partial charge in [-0.15, -0.1) is 0 Å². The van der Waals surface area contributed by atoms with Gasteiger partial charge in [-0.2, -0.15) is 5.10 Å². The average Bonchev–Trinajstić information content (AvgIpc) is 3.06. The Bertz CT molecular complexity index is 858. The molecular formula is C18H18BrN3O5. The SMILES string of the molecule is C/C(=N\NC(=O)c1ccc(Br)o1)c1ccc(NC(=O)CCCC(=O)O)cc1. The van der Waals surface area contributed by atoms with Crippen LogP contribution in [0.2, 0.25) is 0 Å². The molecule has 9 heteroatoms. The number of halogens is 1. The molecule has 0 aliphatic heterocycles. The number of rotatable bonds is 8. The Labute approximate surface area is 163 Å².